The van der Waals surface area contributed by atoms with Gasteiger partial charge in [0.25, 0.3) is 5.56 Å². The molecule has 0 bridgehead atoms. The van der Waals surface area contributed by atoms with Crippen molar-refractivity contribution in [2.45, 2.75) is 32.3 Å². The summed E-state index contributed by atoms with van der Waals surface area (Å²) in [4.78, 5) is 19.0. The molecule has 0 radical (unpaired) electrons. The lowest BCUT2D eigenvalue weighted by atomic mass is 10.2. The lowest BCUT2D eigenvalue weighted by Crippen LogP contribution is -2.21. The van der Waals surface area contributed by atoms with E-state index in [0.29, 0.717) is 15.3 Å². The van der Waals surface area contributed by atoms with Crippen LogP contribution < -0.4 is 5.56 Å². The summed E-state index contributed by atoms with van der Waals surface area (Å²) in [6, 6.07) is 0. The number of hydrogen-bond acceptors (Lipinski definition) is 3. The molecule has 0 aliphatic heterocycles. The van der Waals surface area contributed by atoms with E-state index in [9.17, 15) is 4.79 Å². The standard InChI is InChI=1S/C11H15IN2O2/c1-3-7-8(12)11(15)14-10(13-7)9(16-2)6-4-5-6/h6,9H,3-5H2,1-2H3,(H,13,14,15). The van der Waals surface area contributed by atoms with Gasteiger partial charge in [-0.15, -0.1) is 0 Å². The maximum atomic E-state index is 11.7. The first-order chi connectivity index (χ1) is 7.67. The lowest BCUT2D eigenvalue weighted by molar-refractivity contribution is 0.0767. The molecule has 4 nitrogen and oxygen atoms in total. The van der Waals surface area contributed by atoms with Crippen molar-refractivity contribution >= 4 is 22.6 Å². The fraction of sp³-hybridized carbons (Fsp3) is 0.636. The van der Waals surface area contributed by atoms with Gasteiger partial charge in [0, 0.05) is 7.11 Å². The average molecular weight is 334 g/mol. The van der Waals surface area contributed by atoms with Gasteiger partial charge in [-0.1, -0.05) is 6.92 Å². The molecule has 1 aromatic heterocycles. The van der Waals surface area contributed by atoms with Gasteiger partial charge in [-0.05, 0) is 47.8 Å². The summed E-state index contributed by atoms with van der Waals surface area (Å²) in [7, 11) is 1.67. The second-order valence-electron chi connectivity index (χ2n) is 4.06. The molecular formula is C11H15IN2O2. The van der Waals surface area contributed by atoms with Crippen molar-refractivity contribution in [3.05, 3.63) is 25.4 Å². The highest BCUT2D eigenvalue weighted by Gasteiger charge is 2.34. The molecule has 1 N–H and O–H groups in total. The fourth-order valence-corrected chi connectivity index (χ4v) is 2.46. The molecule has 1 unspecified atom stereocenters. The largest absolute Gasteiger partial charge is 0.373 e. The molecular weight excluding hydrogens is 319 g/mol. The second kappa shape index (κ2) is 4.83. The van der Waals surface area contributed by atoms with Crippen LogP contribution in [0.3, 0.4) is 0 Å². The summed E-state index contributed by atoms with van der Waals surface area (Å²) in [5, 5.41) is 0. The molecule has 5 heteroatoms. The summed E-state index contributed by atoms with van der Waals surface area (Å²) in [5.41, 5.74) is 0.812. The SMILES string of the molecule is CCc1nc(C(OC)C2CC2)[nH]c(=O)c1I. The van der Waals surface area contributed by atoms with Crippen molar-refractivity contribution in [2.24, 2.45) is 5.92 Å². The minimum absolute atomic E-state index is 0.0463. The third kappa shape index (κ3) is 2.29. The highest BCUT2D eigenvalue weighted by atomic mass is 127. The summed E-state index contributed by atoms with van der Waals surface area (Å²) in [5.74, 6) is 1.21. The minimum Gasteiger partial charge on any atom is -0.373 e. The summed E-state index contributed by atoms with van der Waals surface area (Å²) in [6.07, 6.45) is 3.05. The summed E-state index contributed by atoms with van der Waals surface area (Å²) < 4.78 is 6.11. The number of aryl methyl sites for hydroxylation is 1. The van der Waals surface area contributed by atoms with E-state index in [1.807, 2.05) is 29.5 Å². The Bertz CT molecular complexity index is 440. The molecule has 1 atom stereocenters. The normalized spacial score (nSPS) is 17.4. The second-order valence-corrected chi connectivity index (χ2v) is 5.14. The molecule has 16 heavy (non-hydrogen) atoms. The first-order valence-corrected chi connectivity index (χ1v) is 6.56. The smallest absolute Gasteiger partial charge is 0.264 e. The van der Waals surface area contributed by atoms with E-state index >= 15 is 0 Å². The maximum Gasteiger partial charge on any atom is 0.264 e. The summed E-state index contributed by atoms with van der Waals surface area (Å²) in [6.45, 7) is 2.01. The molecule has 0 aromatic carbocycles. The van der Waals surface area contributed by atoms with Crippen molar-refractivity contribution in [1.29, 1.82) is 0 Å². The first kappa shape index (κ1) is 12.0. The Hall–Kier alpha value is -0.430. The number of hydrogen-bond donors (Lipinski definition) is 1. The molecule has 1 fully saturated rings. The summed E-state index contributed by atoms with van der Waals surface area (Å²) >= 11 is 2.04. The van der Waals surface area contributed by atoms with E-state index in [-0.39, 0.29) is 11.7 Å². The van der Waals surface area contributed by atoms with E-state index in [4.69, 9.17) is 4.74 Å². The Morgan fingerprint density at radius 3 is 2.81 bits per heavy atom. The third-order valence-corrected chi connectivity index (χ3v) is 3.97. The van der Waals surface area contributed by atoms with Crippen molar-refractivity contribution in [1.82, 2.24) is 9.97 Å². The van der Waals surface area contributed by atoms with Gasteiger partial charge < -0.3 is 9.72 Å². The van der Waals surface area contributed by atoms with Crippen LogP contribution in [-0.4, -0.2) is 17.1 Å². The Labute approximate surface area is 108 Å². The number of nitrogens with zero attached hydrogens (tertiary/aromatic N) is 1. The molecule has 1 aromatic rings. The van der Waals surface area contributed by atoms with E-state index in [2.05, 4.69) is 9.97 Å². The van der Waals surface area contributed by atoms with Gasteiger partial charge >= 0.3 is 0 Å². The number of nitrogens with one attached hydrogen (secondary N) is 1. The zero-order valence-electron chi connectivity index (χ0n) is 9.42. The number of ether oxygens (including phenoxy) is 1. The van der Waals surface area contributed by atoms with Gasteiger partial charge in [0.15, 0.2) is 0 Å². The number of rotatable bonds is 4. The molecule has 0 spiro atoms. The van der Waals surface area contributed by atoms with Gasteiger partial charge in [0.2, 0.25) is 0 Å². The molecule has 1 aliphatic carbocycles. The number of methoxy groups -OCH3 is 1. The van der Waals surface area contributed by atoms with E-state index in [1.165, 1.54) is 0 Å². The van der Waals surface area contributed by atoms with Crippen LogP contribution in [-0.2, 0) is 11.2 Å². The van der Waals surface area contributed by atoms with E-state index in [0.717, 1.165) is 25.0 Å². The van der Waals surface area contributed by atoms with Gasteiger partial charge in [-0.25, -0.2) is 4.98 Å². The molecule has 1 aliphatic rings. The predicted molar refractivity (Wildman–Crippen MR) is 69.4 cm³/mol. The van der Waals surface area contributed by atoms with Crippen molar-refractivity contribution in [2.75, 3.05) is 7.11 Å². The molecule has 1 heterocycles. The van der Waals surface area contributed by atoms with Crippen LogP contribution in [0.15, 0.2) is 4.79 Å². The Balaban J connectivity index is 2.40. The molecule has 0 amide bonds. The van der Waals surface area contributed by atoms with Crippen LogP contribution in [0.1, 0.15) is 37.4 Å². The van der Waals surface area contributed by atoms with Crippen LogP contribution >= 0.6 is 22.6 Å². The van der Waals surface area contributed by atoms with Crippen LogP contribution in [0.4, 0.5) is 0 Å². The van der Waals surface area contributed by atoms with Crippen LogP contribution in [0.25, 0.3) is 0 Å². The minimum atomic E-state index is -0.0508. The molecule has 2 rings (SSSR count). The average Bonchev–Trinajstić information content (AvgIpc) is 3.08. The highest BCUT2D eigenvalue weighted by molar-refractivity contribution is 14.1. The van der Waals surface area contributed by atoms with E-state index < -0.39 is 0 Å². The van der Waals surface area contributed by atoms with Crippen LogP contribution in [0, 0.1) is 9.49 Å². The topological polar surface area (TPSA) is 55.0 Å². The van der Waals surface area contributed by atoms with Crippen LogP contribution in [0.5, 0.6) is 0 Å². The molecule has 1 saturated carbocycles. The number of halogens is 1. The maximum absolute atomic E-state index is 11.7. The zero-order chi connectivity index (χ0) is 11.7. The van der Waals surface area contributed by atoms with Gasteiger partial charge in [0.05, 0.1) is 9.26 Å². The van der Waals surface area contributed by atoms with Gasteiger partial charge in [-0.2, -0.15) is 0 Å². The third-order valence-electron chi connectivity index (χ3n) is 2.86. The highest BCUT2D eigenvalue weighted by Crippen LogP contribution is 2.41. The van der Waals surface area contributed by atoms with Crippen molar-refractivity contribution < 1.29 is 4.74 Å². The predicted octanol–water partition coefficient (Wildman–Crippen LogP) is 2.03. The zero-order valence-corrected chi connectivity index (χ0v) is 11.6. The van der Waals surface area contributed by atoms with Crippen molar-refractivity contribution in [3.8, 4) is 0 Å². The Morgan fingerprint density at radius 2 is 2.31 bits per heavy atom. The number of H-pyrrole nitrogens is 1. The number of aromatic amines is 1. The first-order valence-electron chi connectivity index (χ1n) is 5.48. The van der Waals surface area contributed by atoms with E-state index in [1.54, 1.807) is 7.11 Å². The number of aromatic nitrogens is 2. The molecule has 88 valence electrons. The quantitative estimate of drug-likeness (QED) is 0.858. The van der Waals surface area contributed by atoms with Crippen LogP contribution in [0.2, 0.25) is 0 Å². The van der Waals surface area contributed by atoms with Gasteiger partial charge in [-0.3, -0.25) is 4.79 Å². The monoisotopic (exact) mass is 334 g/mol. The van der Waals surface area contributed by atoms with Gasteiger partial charge in [0.1, 0.15) is 11.9 Å². The molecule has 0 saturated heterocycles. The fourth-order valence-electron chi connectivity index (χ4n) is 1.82. The van der Waals surface area contributed by atoms with Crippen molar-refractivity contribution in [3.63, 3.8) is 0 Å². The Morgan fingerprint density at radius 1 is 1.62 bits per heavy atom. The Kier molecular flexibility index (Phi) is 3.63. The lowest BCUT2D eigenvalue weighted by Gasteiger charge is -2.14.